The van der Waals surface area contributed by atoms with E-state index in [-0.39, 0.29) is 5.97 Å². The summed E-state index contributed by atoms with van der Waals surface area (Å²) in [4.78, 5) is 21.0. The first kappa shape index (κ1) is 24.5. The van der Waals surface area contributed by atoms with Crippen LogP contribution in [0.5, 0.6) is 5.75 Å². The molecule has 0 aliphatic carbocycles. The third-order valence-electron chi connectivity index (χ3n) is 5.20. The van der Waals surface area contributed by atoms with Gasteiger partial charge in [-0.3, -0.25) is 5.10 Å². The van der Waals surface area contributed by atoms with Crippen molar-refractivity contribution >= 4 is 51.8 Å². The number of hydrogen-bond donors (Lipinski definition) is 3. The zero-order valence-electron chi connectivity index (χ0n) is 19.8. The molecular weight excluding hydrogens is 559 g/mol. The Labute approximate surface area is 216 Å². The smallest absolute Gasteiger partial charge is 0.338 e. The summed E-state index contributed by atoms with van der Waals surface area (Å²) in [6, 6.07) is 13.2. The van der Waals surface area contributed by atoms with Crippen LogP contribution in [-0.4, -0.2) is 39.9 Å². The second-order valence-electron chi connectivity index (χ2n) is 7.74. The number of H-pyrrole nitrogens is 1. The lowest BCUT2D eigenvalue weighted by molar-refractivity contribution is 0.0526. The van der Waals surface area contributed by atoms with E-state index in [2.05, 4.69) is 53.4 Å². The van der Waals surface area contributed by atoms with Crippen LogP contribution in [-0.2, 0) is 4.74 Å². The molecule has 35 heavy (non-hydrogen) atoms. The van der Waals surface area contributed by atoms with Crippen molar-refractivity contribution in [1.29, 1.82) is 0 Å². The molecule has 0 fully saturated rings. The minimum absolute atomic E-state index is 0.332. The first-order valence-corrected chi connectivity index (χ1v) is 12.0. The zero-order chi connectivity index (χ0) is 24.9. The van der Waals surface area contributed by atoms with Crippen molar-refractivity contribution < 1.29 is 14.3 Å². The van der Waals surface area contributed by atoms with E-state index >= 15 is 0 Å². The van der Waals surface area contributed by atoms with E-state index in [1.165, 1.54) is 0 Å². The van der Waals surface area contributed by atoms with Crippen LogP contribution in [0.1, 0.15) is 28.5 Å². The zero-order valence-corrected chi connectivity index (χ0v) is 21.9. The van der Waals surface area contributed by atoms with Crippen molar-refractivity contribution in [3.8, 4) is 16.9 Å². The second-order valence-corrected chi connectivity index (χ2v) is 8.90. The van der Waals surface area contributed by atoms with Crippen LogP contribution in [0.2, 0.25) is 0 Å². The van der Waals surface area contributed by atoms with Gasteiger partial charge in [0.2, 0.25) is 5.95 Å². The molecule has 180 valence electrons. The molecule has 2 heterocycles. The highest BCUT2D eigenvalue weighted by molar-refractivity contribution is 14.1. The van der Waals surface area contributed by atoms with Gasteiger partial charge in [0, 0.05) is 18.0 Å². The van der Waals surface area contributed by atoms with Gasteiger partial charge in [-0.1, -0.05) is 12.1 Å². The van der Waals surface area contributed by atoms with E-state index in [1.54, 1.807) is 32.4 Å². The molecule has 9 nitrogen and oxygen atoms in total. The fourth-order valence-electron chi connectivity index (χ4n) is 3.50. The molecule has 0 unspecified atom stereocenters. The molecule has 0 saturated carbocycles. The minimum atomic E-state index is -0.332. The topological polar surface area (TPSA) is 114 Å². The molecule has 0 saturated heterocycles. The number of nitrogens with zero attached hydrogens (tertiary/aromatic N) is 3. The summed E-state index contributed by atoms with van der Waals surface area (Å²) < 4.78 is 11.6. The van der Waals surface area contributed by atoms with Gasteiger partial charge < -0.3 is 20.1 Å². The molecule has 2 aromatic heterocycles. The second kappa shape index (κ2) is 10.7. The Morgan fingerprint density at radius 3 is 2.54 bits per heavy atom. The van der Waals surface area contributed by atoms with Crippen molar-refractivity contribution in [3.05, 3.63) is 69.1 Å². The fourth-order valence-corrected chi connectivity index (χ4v) is 3.90. The van der Waals surface area contributed by atoms with Crippen molar-refractivity contribution in [2.45, 2.75) is 20.8 Å². The van der Waals surface area contributed by atoms with Crippen LogP contribution in [0, 0.1) is 17.4 Å². The number of esters is 1. The van der Waals surface area contributed by atoms with Crippen molar-refractivity contribution in [3.63, 3.8) is 0 Å². The van der Waals surface area contributed by atoms with Crippen LogP contribution < -0.4 is 15.4 Å². The molecule has 0 bridgehead atoms. The maximum atomic E-state index is 12.0. The Morgan fingerprint density at radius 2 is 1.89 bits per heavy atom. The largest absolute Gasteiger partial charge is 0.495 e. The minimum Gasteiger partial charge on any atom is -0.495 e. The summed E-state index contributed by atoms with van der Waals surface area (Å²) in [5.74, 6) is 2.05. The van der Waals surface area contributed by atoms with E-state index in [1.807, 2.05) is 44.2 Å². The maximum Gasteiger partial charge on any atom is 0.338 e. The van der Waals surface area contributed by atoms with E-state index in [0.29, 0.717) is 35.5 Å². The van der Waals surface area contributed by atoms with Crippen molar-refractivity contribution in [1.82, 2.24) is 20.2 Å². The Morgan fingerprint density at radius 1 is 1.11 bits per heavy atom. The van der Waals surface area contributed by atoms with E-state index < -0.39 is 0 Å². The number of anilines is 4. The van der Waals surface area contributed by atoms with Crippen molar-refractivity contribution in [2.75, 3.05) is 24.4 Å². The predicted octanol–water partition coefficient (Wildman–Crippen LogP) is 5.76. The Bertz CT molecular complexity index is 1350. The normalized spacial score (nSPS) is 10.7. The Balaban J connectivity index is 1.59. The lowest BCUT2D eigenvalue weighted by Crippen LogP contribution is -2.05. The third-order valence-corrected chi connectivity index (χ3v) is 5.99. The van der Waals surface area contributed by atoms with E-state index in [0.717, 1.165) is 31.6 Å². The molecule has 0 aliphatic heterocycles. The van der Waals surface area contributed by atoms with Gasteiger partial charge in [-0.2, -0.15) is 10.1 Å². The Kier molecular flexibility index (Phi) is 7.49. The summed E-state index contributed by atoms with van der Waals surface area (Å²) >= 11 is 2.18. The van der Waals surface area contributed by atoms with Gasteiger partial charge in [-0.05, 0) is 84.3 Å². The predicted molar refractivity (Wildman–Crippen MR) is 144 cm³/mol. The van der Waals surface area contributed by atoms with Gasteiger partial charge in [0.1, 0.15) is 5.75 Å². The van der Waals surface area contributed by atoms with Gasteiger partial charge >= 0.3 is 5.97 Å². The first-order valence-electron chi connectivity index (χ1n) is 10.9. The Hall–Kier alpha value is -3.67. The molecule has 0 spiro atoms. The summed E-state index contributed by atoms with van der Waals surface area (Å²) in [6.45, 7) is 6.08. The van der Waals surface area contributed by atoms with Crippen LogP contribution in [0.25, 0.3) is 11.1 Å². The van der Waals surface area contributed by atoms with E-state index in [9.17, 15) is 4.79 Å². The number of halogens is 1. The summed E-state index contributed by atoms with van der Waals surface area (Å²) in [5.41, 5.74) is 5.18. The molecule has 2 aromatic carbocycles. The average Bonchev–Trinajstić information content (AvgIpc) is 3.26. The lowest BCUT2D eigenvalue weighted by Gasteiger charge is -2.15. The molecule has 0 aliphatic rings. The molecular formula is C25H25IN6O3. The molecule has 0 radical (unpaired) electrons. The van der Waals surface area contributed by atoms with Gasteiger partial charge in [-0.15, -0.1) is 0 Å². The number of hydrogen-bond acceptors (Lipinski definition) is 8. The molecule has 0 atom stereocenters. The number of rotatable bonds is 8. The number of methoxy groups -OCH3 is 1. The highest BCUT2D eigenvalue weighted by Crippen LogP contribution is 2.35. The number of aryl methyl sites for hydroxylation is 2. The number of carbonyl (C=O) groups excluding carboxylic acids is 1. The standard InChI is InChI=1S/C25H25IN6O3/c1-5-35-24(33)17-8-6-16(7-9-17)18-12-21(34-4)20(10-14(18)2)28-25-27-13-19(26)23(30-25)29-22-11-15(3)31-32-22/h6-13H,5H2,1-4H3,(H3,27,28,29,30,31,32). The maximum absolute atomic E-state index is 12.0. The van der Waals surface area contributed by atoms with Gasteiger partial charge in [0.05, 0.1) is 28.5 Å². The highest BCUT2D eigenvalue weighted by Gasteiger charge is 2.14. The number of ether oxygens (including phenoxy) is 2. The number of aromatic amines is 1. The molecule has 0 amide bonds. The third kappa shape index (κ3) is 5.70. The number of carbonyl (C=O) groups is 1. The number of benzene rings is 2. The monoisotopic (exact) mass is 584 g/mol. The lowest BCUT2D eigenvalue weighted by atomic mass is 9.98. The van der Waals surface area contributed by atoms with Crippen LogP contribution >= 0.6 is 22.6 Å². The molecule has 10 heteroatoms. The van der Waals surface area contributed by atoms with Crippen LogP contribution in [0.15, 0.2) is 48.7 Å². The van der Waals surface area contributed by atoms with Gasteiger partial charge in [-0.25, -0.2) is 9.78 Å². The summed E-state index contributed by atoms with van der Waals surface area (Å²) in [7, 11) is 1.62. The quantitative estimate of drug-likeness (QED) is 0.177. The first-order chi connectivity index (χ1) is 16.9. The molecule has 3 N–H and O–H groups in total. The summed E-state index contributed by atoms with van der Waals surface area (Å²) in [6.07, 6.45) is 1.73. The SMILES string of the molecule is CCOC(=O)c1ccc(-c2cc(OC)c(Nc3ncc(I)c(Nc4cc(C)[nH]n4)n3)cc2C)cc1. The number of nitrogens with one attached hydrogen (secondary N) is 3. The fraction of sp³-hybridized carbons (Fsp3) is 0.200. The van der Waals surface area contributed by atoms with Crippen LogP contribution in [0.3, 0.4) is 0 Å². The van der Waals surface area contributed by atoms with Gasteiger partial charge in [0.25, 0.3) is 0 Å². The molecule has 4 rings (SSSR count). The number of aromatic nitrogens is 4. The average molecular weight is 584 g/mol. The molecule has 4 aromatic rings. The summed E-state index contributed by atoms with van der Waals surface area (Å²) in [5, 5.41) is 13.6. The van der Waals surface area contributed by atoms with Crippen molar-refractivity contribution in [2.24, 2.45) is 0 Å². The van der Waals surface area contributed by atoms with Gasteiger partial charge in [0.15, 0.2) is 11.6 Å². The highest BCUT2D eigenvalue weighted by atomic mass is 127. The van der Waals surface area contributed by atoms with Crippen LogP contribution in [0.4, 0.5) is 23.3 Å². The van der Waals surface area contributed by atoms with E-state index in [4.69, 9.17) is 9.47 Å².